The molecule has 0 aromatic heterocycles. The smallest absolute Gasteiger partial charge is 0.305 e. The third-order valence-corrected chi connectivity index (χ3v) is 3.21. The van der Waals surface area contributed by atoms with Crippen LogP contribution in [0.5, 0.6) is 0 Å². The van der Waals surface area contributed by atoms with E-state index in [9.17, 15) is 14.4 Å². The zero-order chi connectivity index (χ0) is 19.1. The lowest BCUT2D eigenvalue weighted by Gasteiger charge is -2.22. The van der Waals surface area contributed by atoms with Gasteiger partial charge in [-0.2, -0.15) is 0 Å². The number of benzene rings is 1. The van der Waals surface area contributed by atoms with E-state index in [2.05, 4.69) is 0 Å². The third-order valence-electron chi connectivity index (χ3n) is 3.21. The predicted molar refractivity (Wildman–Crippen MR) is 95.0 cm³/mol. The van der Waals surface area contributed by atoms with Gasteiger partial charge in [0.1, 0.15) is 11.9 Å². The van der Waals surface area contributed by atoms with Gasteiger partial charge >= 0.3 is 5.97 Å². The molecule has 0 aliphatic rings. The van der Waals surface area contributed by atoms with Crippen LogP contribution >= 0.6 is 0 Å². The molecule has 8 heteroatoms. The van der Waals surface area contributed by atoms with Crippen molar-refractivity contribution in [3.63, 3.8) is 0 Å². The Labute approximate surface area is 147 Å². The summed E-state index contributed by atoms with van der Waals surface area (Å²) in [5.74, 6) is -0.923. The fraction of sp³-hybridized carbons (Fsp3) is 0.471. The minimum absolute atomic E-state index is 0.00818. The Morgan fingerprint density at radius 3 is 2.20 bits per heavy atom. The van der Waals surface area contributed by atoms with Gasteiger partial charge in [-0.3, -0.25) is 9.59 Å². The number of esters is 1. The molecule has 25 heavy (non-hydrogen) atoms. The predicted octanol–water partition coefficient (Wildman–Crippen LogP) is -0.424. The highest BCUT2D eigenvalue weighted by molar-refractivity contribution is 5.88. The van der Waals surface area contributed by atoms with Crippen LogP contribution in [0.2, 0.25) is 0 Å². The highest BCUT2D eigenvalue weighted by atomic mass is 16.5. The van der Waals surface area contributed by atoms with Gasteiger partial charge in [0.05, 0.1) is 6.61 Å². The molecule has 0 fully saturated rings. The van der Waals surface area contributed by atoms with E-state index in [1.807, 2.05) is 30.3 Å². The Kier molecular flexibility index (Phi) is 12.1. The number of ether oxygens (including phenoxy) is 1. The minimum Gasteiger partial charge on any atom is -0.465 e. The van der Waals surface area contributed by atoms with Gasteiger partial charge in [0.25, 0.3) is 0 Å². The van der Waals surface area contributed by atoms with Crippen LogP contribution in [0.15, 0.2) is 30.3 Å². The molecule has 0 unspecified atom stereocenters. The van der Waals surface area contributed by atoms with E-state index >= 15 is 0 Å². The van der Waals surface area contributed by atoms with Crippen LogP contribution in [-0.4, -0.2) is 36.9 Å². The van der Waals surface area contributed by atoms with Gasteiger partial charge in [0.2, 0.25) is 0 Å². The maximum Gasteiger partial charge on any atom is 0.305 e. The summed E-state index contributed by atoms with van der Waals surface area (Å²) in [6, 6.07) is 9.99. The zero-order valence-electron chi connectivity index (χ0n) is 14.4. The summed E-state index contributed by atoms with van der Waals surface area (Å²) < 4.78 is 4.70. The molecule has 0 bridgehead atoms. The van der Waals surface area contributed by atoms with E-state index < -0.39 is 11.6 Å². The molecule has 0 heterocycles. The van der Waals surface area contributed by atoms with Crippen LogP contribution in [0.1, 0.15) is 31.2 Å². The lowest BCUT2D eigenvalue weighted by Crippen LogP contribution is -2.57. The van der Waals surface area contributed by atoms with E-state index in [1.165, 1.54) is 5.56 Å². The van der Waals surface area contributed by atoms with Crippen LogP contribution in [0, 0.1) is 0 Å². The molecule has 0 amide bonds. The highest BCUT2D eigenvalue weighted by Crippen LogP contribution is 2.07. The second kappa shape index (κ2) is 13.2. The third kappa shape index (κ3) is 11.1. The molecule has 8 N–H and O–H groups in total. The topological polar surface area (TPSA) is 165 Å². The summed E-state index contributed by atoms with van der Waals surface area (Å²) in [7, 11) is 0. The maximum atomic E-state index is 11.4. The standard InChI is InChI=1S/C10H19N3O4.C7H9N/c11-5-3-8(15)10(12,13)4-2-9(16)17-7-1-6-14;8-6-7-4-2-1-3-5-7/h6H,1-5,7,11-13H2;1-5H,6,8H2. The first-order valence-electron chi connectivity index (χ1n) is 8.01. The number of aldehydes is 1. The fourth-order valence-corrected chi connectivity index (χ4v) is 1.72. The van der Waals surface area contributed by atoms with Crippen molar-refractivity contribution in [1.29, 1.82) is 0 Å². The zero-order valence-corrected chi connectivity index (χ0v) is 14.4. The summed E-state index contributed by atoms with van der Waals surface area (Å²) in [5, 5.41) is 0. The van der Waals surface area contributed by atoms with Crippen molar-refractivity contribution in [2.45, 2.75) is 37.9 Å². The van der Waals surface area contributed by atoms with Gasteiger partial charge in [-0.1, -0.05) is 30.3 Å². The Hall–Kier alpha value is -2.13. The number of nitrogens with two attached hydrogens (primary N) is 4. The van der Waals surface area contributed by atoms with Gasteiger partial charge in [-0.25, -0.2) is 0 Å². The van der Waals surface area contributed by atoms with Crippen LogP contribution in [0.4, 0.5) is 0 Å². The van der Waals surface area contributed by atoms with Crippen molar-refractivity contribution < 1.29 is 19.1 Å². The molecular weight excluding hydrogens is 324 g/mol. The monoisotopic (exact) mass is 352 g/mol. The van der Waals surface area contributed by atoms with E-state index in [1.54, 1.807) is 0 Å². The average Bonchev–Trinajstić information content (AvgIpc) is 2.62. The normalized spacial score (nSPS) is 10.4. The van der Waals surface area contributed by atoms with Crippen molar-refractivity contribution in [3.8, 4) is 0 Å². The molecule has 0 saturated heterocycles. The summed E-state index contributed by atoms with van der Waals surface area (Å²) in [5.41, 5.74) is 21.3. The molecule has 0 aliphatic carbocycles. The maximum absolute atomic E-state index is 11.4. The molecule has 0 atom stereocenters. The Bertz CT molecular complexity index is 521. The first-order chi connectivity index (χ1) is 11.9. The molecule has 0 radical (unpaired) electrons. The number of Topliss-reactive ketones (excluding diaryl/α,β-unsaturated/α-hetero) is 1. The Morgan fingerprint density at radius 2 is 1.72 bits per heavy atom. The second-order valence-corrected chi connectivity index (χ2v) is 5.37. The number of hydrogen-bond donors (Lipinski definition) is 4. The van der Waals surface area contributed by atoms with Crippen LogP contribution in [-0.2, 0) is 25.7 Å². The summed E-state index contributed by atoms with van der Waals surface area (Å²) in [6.07, 6.45) is 0.795. The van der Waals surface area contributed by atoms with Gasteiger partial charge in [-0.05, 0) is 18.5 Å². The summed E-state index contributed by atoms with van der Waals surface area (Å²) in [6.45, 7) is 0.834. The molecular formula is C17H28N4O4. The van der Waals surface area contributed by atoms with Crippen molar-refractivity contribution in [2.24, 2.45) is 22.9 Å². The second-order valence-electron chi connectivity index (χ2n) is 5.37. The molecule has 1 aromatic rings. The van der Waals surface area contributed by atoms with Gasteiger partial charge in [0, 0.05) is 25.8 Å². The fourth-order valence-electron chi connectivity index (χ4n) is 1.72. The molecule has 0 saturated carbocycles. The first-order valence-corrected chi connectivity index (χ1v) is 8.01. The lowest BCUT2D eigenvalue weighted by atomic mass is 9.98. The van der Waals surface area contributed by atoms with E-state index in [0.29, 0.717) is 12.8 Å². The van der Waals surface area contributed by atoms with Crippen LogP contribution in [0.25, 0.3) is 0 Å². The Balaban J connectivity index is 0.000000593. The number of ketones is 1. The van der Waals surface area contributed by atoms with Gasteiger partial charge in [-0.15, -0.1) is 0 Å². The number of hydrogen-bond acceptors (Lipinski definition) is 8. The van der Waals surface area contributed by atoms with Gasteiger partial charge < -0.3 is 32.5 Å². The number of carbonyl (C=O) groups is 3. The lowest BCUT2D eigenvalue weighted by molar-refractivity contribution is -0.144. The quantitative estimate of drug-likeness (QED) is 0.191. The van der Waals surface area contributed by atoms with Crippen LogP contribution < -0.4 is 22.9 Å². The molecule has 0 aliphatic heterocycles. The van der Waals surface area contributed by atoms with Crippen molar-refractivity contribution in [2.75, 3.05) is 13.2 Å². The number of rotatable bonds is 10. The average molecular weight is 352 g/mol. The summed E-state index contributed by atoms with van der Waals surface area (Å²) >= 11 is 0. The minimum atomic E-state index is -1.55. The van der Waals surface area contributed by atoms with Crippen molar-refractivity contribution in [1.82, 2.24) is 0 Å². The largest absolute Gasteiger partial charge is 0.465 e. The first kappa shape index (κ1) is 22.9. The summed E-state index contributed by atoms with van der Waals surface area (Å²) in [4.78, 5) is 32.5. The van der Waals surface area contributed by atoms with Crippen LogP contribution in [0.3, 0.4) is 0 Å². The SMILES string of the molecule is NCCC(=O)C(N)(N)CCC(=O)OCCC=O.NCc1ccccc1. The van der Waals surface area contributed by atoms with E-state index in [-0.39, 0.29) is 44.6 Å². The van der Waals surface area contributed by atoms with Crippen molar-refractivity contribution >= 4 is 18.0 Å². The van der Waals surface area contributed by atoms with E-state index in [0.717, 1.165) is 0 Å². The van der Waals surface area contributed by atoms with Crippen molar-refractivity contribution in [3.05, 3.63) is 35.9 Å². The molecule has 1 aromatic carbocycles. The Morgan fingerprint density at radius 1 is 1.08 bits per heavy atom. The molecule has 8 nitrogen and oxygen atoms in total. The van der Waals surface area contributed by atoms with E-state index in [4.69, 9.17) is 27.7 Å². The van der Waals surface area contributed by atoms with Gasteiger partial charge in [0.15, 0.2) is 5.78 Å². The molecule has 0 spiro atoms. The molecule has 140 valence electrons. The molecule has 1 rings (SSSR count). The highest BCUT2D eigenvalue weighted by Gasteiger charge is 2.28. The number of carbonyl (C=O) groups excluding carboxylic acids is 3.